The number of rotatable bonds is 8. The zero-order valence-electron chi connectivity index (χ0n) is 17.2. The number of ether oxygens (including phenoxy) is 3. The fourth-order valence-electron chi connectivity index (χ4n) is 3.58. The molecule has 2 unspecified atom stereocenters. The average molecular weight is 420 g/mol. The summed E-state index contributed by atoms with van der Waals surface area (Å²) in [6.45, 7) is 4.85. The summed E-state index contributed by atoms with van der Waals surface area (Å²) in [4.78, 5) is 0. The van der Waals surface area contributed by atoms with Gasteiger partial charge in [-0.2, -0.15) is 0 Å². The summed E-state index contributed by atoms with van der Waals surface area (Å²) in [5, 5.41) is 0. The van der Waals surface area contributed by atoms with Crippen molar-refractivity contribution in [3.05, 3.63) is 65.0 Å². The molecule has 1 heterocycles. The summed E-state index contributed by atoms with van der Waals surface area (Å²) in [5.74, 6) is -0.0164. The maximum atomic E-state index is 14.8. The van der Waals surface area contributed by atoms with E-state index in [-0.39, 0.29) is 23.8 Å². The van der Waals surface area contributed by atoms with Crippen LogP contribution in [0.4, 0.5) is 13.2 Å². The van der Waals surface area contributed by atoms with Gasteiger partial charge in [-0.3, -0.25) is 0 Å². The lowest BCUT2D eigenvalue weighted by molar-refractivity contribution is -0.00735. The van der Waals surface area contributed by atoms with Crippen LogP contribution in [-0.2, 0) is 4.74 Å². The molecule has 2 aromatic carbocycles. The Morgan fingerprint density at radius 3 is 2.37 bits per heavy atom. The van der Waals surface area contributed by atoms with Crippen molar-refractivity contribution in [2.24, 2.45) is 5.92 Å². The first kappa shape index (κ1) is 22.2. The van der Waals surface area contributed by atoms with Crippen molar-refractivity contribution in [2.75, 3.05) is 19.8 Å². The molecule has 2 aromatic rings. The van der Waals surface area contributed by atoms with Crippen LogP contribution in [0.5, 0.6) is 11.5 Å². The minimum Gasteiger partial charge on any atom is -0.494 e. The van der Waals surface area contributed by atoms with Crippen molar-refractivity contribution in [3.63, 3.8) is 0 Å². The molecule has 0 spiro atoms. The standard InChI is InChI=1S/C24H27F3O3/c1-3-28-18-10-7-16(8-11-18)5-6-17-9-13-20(30-15-17)19-12-14-21(29-4-2)22(23(19)25)24(26)27/h5-8,10-12,14,17,20,24H,3-4,9,13,15H2,1-2H3/b6-5+. The van der Waals surface area contributed by atoms with Crippen molar-refractivity contribution in [2.45, 2.75) is 39.2 Å². The normalized spacial score (nSPS) is 19.4. The summed E-state index contributed by atoms with van der Waals surface area (Å²) in [7, 11) is 0. The molecule has 0 N–H and O–H groups in total. The first-order valence-corrected chi connectivity index (χ1v) is 10.3. The molecule has 0 radical (unpaired) electrons. The average Bonchev–Trinajstić information content (AvgIpc) is 2.74. The monoisotopic (exact) mass is 420 g/mol. The molecule has 162 valence electrons. The van der Waals surface area contributed by atoms with Crippen molar-refractivity contribution < 1.29 is 27.4 Å². The molecule has 1 saturated heterocycles. The van der Waals surface area contributed by atoms with Gasteiger partial charge >= 0.3 is 0 Å². The van der Waals surface area contributed by atoms with E-state index in [2.05, 4.69) is 6.08 Å². The van der Waals surface area contributed by atoms with Crippen LogP contribution in [-0.4, -0.2) is 19.8 Å². The molecule has 1 aliphatic heterocycles. The first-order valence-electron chi connectivity index (χ1n) is 10.3. The SMILES string of the molecule is CCOc1ccc(/C=C/C2CCC(c3ccc(OCC)c(C(F)F)c3F)OC2)cc1. The van der Waals surface area contributed by atoms with Gasteiger partial charge in [-0.05, 0) is 56.5 Å². The van der Waals surface area contributed by atoms with Gasteiger partial charge in [-0.25, -0.2) is 13.2 Å². The van der Waals surface area contributed by atoms with Crippen LogP contribution in [0.15, 0.2) is 42.5 Å². The van der Waals surface area contributed by atoms with Crippen molar-refractivity contribution in [1.82, 2.24) is 0 Å². The highest BCUT2D eigenvalue weighted by molar-refractivity contribution is 5.51. The van der Waals surface area contributed by atoms with Crippen molar-refractivity contribution in [1.29, 1.82) is 0 Å². The molecule has 0 aliphatic carbocycles. The highest BCUT2D eigenvalue weighted by Gasteiger charge is 2.29. The van der Waals surface area contributed by atoms with Crippen molar-refractivity contribution >= 4 is 6.08 Å². The van der Waals surface area contributed by atoms with Crippen LogP contribution in [0, 0.1) is 11.7 Å². The zero-order chi connectivity index (χ0) is 21.5. The van der Waals surface area contributed by atoms with E-state index in [0.717, 1.165) is 17.7 Å². The van der Waals surface area contributed by atoms with Gasteiger partial charge in [0.1, 0.15) is 17.3 Å². The van der Waals surface area contributed by atoms with Gasteiger partial charge in [0.25, 0.3) is 6.43 Å². The summed E-state index contributed by atoms with van der Waals surface area (Å²) in [6.07, 6.45) is 1.97. The van der Waals surface area contributed by atoms with E-state index in [0.29, 0.717) is 19.6 Å². The quantitative estimate of drug-likeness (QED) is 0.473. The molecular weight excluding hydrogens is 393 g/mol. The van der Waals surface area contributed by atoms with Gasteiger partial charge in [-0.15, -0.1) is 0 Å². The number of halogens is 3. The van der Waals surface area contributed by atoms with Gasteiger partial charge in [0.15, 0.2) is 0 Å². The summed E-state index contributed by atoms with van der Waals surface area (Å²) >= 11 is 0. The summed E-state index contributed by atoms with van der Waals surface area (Å²) < 4.78 is 58.0. The maximum Gasteiger partial charge on any atom is 0.270 e. The van der Waals surface area contributed by atoms with E-state index >= 15 is 0 Å². The third-order valence-corrected chi connectivity index (χ3v) is 5.10. The maximum absolute atomic E-state index is 14.8. The van der Waals surface area contributed by atoms with Crippen LogP contribution >= 0.6 is 0 Å². The zero-order valence-corrected chi connectivity index (χ0v) is 17.2. The van der Waals surface area contributed by atoms with Gasteiger partial charge in [0.2, 0.25) is 0 Å². The molecule has 2 atom stereocenters. The van der Waals surface area contributed by atoms with Crippen molar-refractivity contribution in [3.8, 4) is 11.5 Å². The number of benzene rings is 2. The minimum atomic E-state index is -2.94. The van der Waals surface area contributed by atoms with Gasteiger partial charge in [0.05, 0.1) is 31.5 Å². The van der Waals surface area contributed by atoms with Crippen LogP contribution < -0.4 is 9.47 Å². The second-order valence-electron chi connectivity index (χ2n) is 7.13. The summed E-state index contributed by atoms with van der Waals surface area (Å²) in [5.41, 5.74) is 0.540. The third-order valence-electron chi connectivity index (χ3n) is 5.10. The Bertz CT molecular complexity index is 842. The lowest BCUT2D eigenvalue weighted by Crippen LogP contribution is -2.20. The third kappa shape index (κ3) is 5.36. The van der Waals surface area contributed by atoms with Crippen LogP contribution in [0.1, 0.15) is 55.9 Å². The molecule has 0 bridgehead atoms. The van der Waals surface area contributed by atoms with Gasteiger partial charge < -0.3 is 14.2 Å². The summed E-state index contributed by atoms with van der Waals surface area (Å²) in [6, 6.07) is 10.7. The Kier molecular flexibility index (Phi) is 7.80. The molecular formula is C24H27F3O3. The number of hydrogen-bond donors (Lipinski definition) is 0. The fourth-order valence-corrected chi connectivity index (χ4v) is 3.58. The lowest BCUT2D eigenvalue weighted by atomic mass is 9.92. The van der Waals surface area contributed by atoms with E-state index in [9.17, 15) is 13.2 Å². The second-order valence-corrected chi connectivity index (χ2v) is 7.13. The van der Waals surface area contributed by atoms with Gasteiger partial charge in [-0.1, -0.05) is 24.3 Å². The minimum absolute atomic E-state index is 0.110. The van der Waals surface area contributed by atoms with E-state index in [1.54, 1.807) is 6.92 Å². The highest BCUT2D eigenvalue weighted by Crippen LogP contribution is 2.39. The largest absolute Gasteiger partial charge is 0.494 e. The Morgan fingerprint density at radius 1 is 1.03 bits per heavy atom. The molecule has 0 saturated carbocycles. The predicted molar refractivity (Wildman–Crippen MR) is 111 cm³/mol. The molecule has 1 aliphatic rings. The molecule has 3 rings (SSSR count). The van der Waals surface area contributed by atoms with Crippen LogP contribution in [0.25, 0.3) is 6.08 Å². The van der Waals surface area contributed by atoms with E-state index in [4.69, 9.17) is 14.2 Å². The van der Waals surface area contributed by atoms with Crippen LogP contribution in [0.3, 0.4) is 0 Å². The Morgan fingerprint density at radius 2 is 1.77 bits per heavy atom. The van der Waals surface area contributed by atoms with E-state index in [1.807, 2.05) is 37.3 Å². The molecule has 30 heavy (non-hydrogen) atoms. The molecule has 3 nitrogen and oxygen atoms in total. The van der Waals surface area contributed by atoms with Gasteiger partial charge in [0, 0.05) is 11.5 Å². The Labute approximate surface area is 175 Å². The Balaban J connectivity index is 1.63. The fraction of sp³-hybridized carbons (Fsp3) is 0.417. The predicted octanol–water partition coefficient (Wildman–Crippen LogP) is 6.74. The molecule has 6 heteroatoms. The lowest BCUT2D eigenvalue weighted by Gasteiger charge is -2.28. The molecule has 1 fully saturated rings. The highest BCUT2D eigenvalue weighted by atomic mass is 19.3. The van der Waals surface area contributed by atoms with Crippen LogP contribution in [0.2, 0.25) is 0 Å². The second kappa shape index (κ2) is 10.5. The number of alkyl halides is 2. The first-order chi connectivity index (χ1) is 14.5. The molecule has 0 amide bonds. The smallest absolute Gasteiger partial charge is 0.270 e. The topological polar surface area (TPSA) is 27.7 Å². The number of hydrogen-bond acceptors (Lipinski definition) is 3. The Hall–Kier alpha value is -2.47. The van der Waals surface area contributed by atoms with E-state index < -0.39 is 23.9 Å². The van der Waals surface area contributed by atoms with E-state index in [1.165, 1.54) is 12.1 Å². The molecule has 0 aromatic heterocycles.